The lowest BCUT2D eigenvalue weighted by molar-refractivity contribution is -0.125. The molecular formula is C21H22N4O3. The second-order valence-corrected chi connectivity index (χ2v) is 6.73. The lowest BCUT2D eigenvalue weighted by Gasteiger charge is -2.34. The van der Waals surface area contributed by atoms with Crippen LogP contribution in [0.2, 0.25) is 0 Å². The largest absolute Gasteiger partial charge is 0.395 e. The van der Waals surface area contributed by atoms with Crippen LogP contribution in [0, 0.1) is 5.92 Å². The van der Waals surface area contributed by atoms with Gasteiger partial charge in [0.2, 0.25) is 5.91 Å². The number of anilines is 1. The quantitative estimate of drug-likeness (QED) is 0.620. The Morgan fingerprint density at radius 3 is 2.79 bits per heavy atom. The maximum Gasteiger partial charge on any atom is 0.251 e. The van der Waals surface area contributed by atoms with E-state index >= 15 is 0 Å². The Morgan fingerprint density at radius 1 is 1.18 bits per heavy atom. The first kappa shape index (κ1) is 18.2. The summed E-state index contributed by atoms with van der Waals surface area (Å²) < 4.78 is 0. The van der Waals surface area contributed by atoms with Crippen LogP contribution in [-0.2, 0) is 4.79 Å². The zero-order valence-corrected chi connectivity index (χ0v) is 15.3. The zero-order chi connectivity index (χ0) is 19.5. The van der Waals surface area contributed by atoms with E-state index in [2.05, 4.69) is 20.9 Å². The topological polar surface area (TPSA) is 93.7 Å². The third kappa shape index (κ3) is 3.37. The highest BCUT2D eigenvalue weighted by Crippen LogP contribution is 2.38. The van der Waals surface area contributed by atoms with Gasteiger partial charge in [0.1, 0.15) is 6.17 Å². The molecule has 2 amide bonds. The highest BCUT2D eigenvalue weighted by Gasteiger charge is 2.43. The number of para-hydroxylation sites is 1. The van der Waals surface area contributed by atoms with Crippen LogP contribution in [0.1, 0.15) is 15.9 Å². The number of carbonyl (C=O) groups excluding carboxylic acids is 2. The van der Waals surface area contributed by atoms with E-state index in [-0.39, 0.29) is 37.0 Å². The molecule has 0 radical (unpaired) electrons. The van der Waals surface area contributed by atoms with Gasteiger partial charge in [-0.05, 0) is 35.4 Å². The molecule has 7 nitrogen and oxygen atoms in total. The molecule has 2 aromatic rings. The van der Waals surface area contributed by atoms with Crippen LogP contribution in [-0.4, -0.2) is 42.9 Å². The molecule has 2 aliphatic rings. The van der Waals surface area contributed by atoms with Gasteiger partial charge in [-0.1, -0.05) is 30.3 Å². The van der Waals surface area contributed by atoms with Gasteiger partial charge in [-0.15, -0.1) is 0 Å². The summed E-state index contributed by atoms with van der Waals surface area (Å²) in [4.78, 5) is 27.0. The fraction of sp³-hybridized carbons (Fsp3) is 0.238. The lowest BCUT2D eigenvalue weighted by atomic mass is 9.90. The van der Waals surface area contributed by atoms with Gasteiger partial charge in [-0.3, -0.25) is 14.9 Å². The van der Waals surface area contributed by atoms with Gasteiger partial charge >= 0.3 is 0 Å². The second kappa shape index (κ2) is 7.84. The van der Waals surface area contributed by atoms with E-state index in [0.717, 1.165) is 16.8 Å². The summed E-state index contributed by atoms with van der Waals surface area (Å²) in [7, 11) is 0. The maximum atomic E-state index is 12.7. The summed E-state index contributed by atoms with van der Waals surface area (Å²) in [5.41, 5.74) is 3.16. The smallest absolute Gasteiger partial charge is 0.251 e. The van der Waals surface area contributed by atoms with Gasteiger partial charge in [0.15, 0.2) is 0 Å². The average molecular weight is 378 g/mol. The Hall–Kier alpha value is -3.16. The molecule has 144 valence electrons. The molecule has 0 aliphatic carbocycles. The van der Waals surface area contributed by atoms with Gasteiger partial charge < -0.3 is 20.6 Å². The number of amides is 2. The first-order valence-corrected chi connectivity index (χ1v) is 9.25. The summed E-state index contributed by atoms with van der Waals surface area (Å²) in [6, 6.07) is 17.1. The molecule has 0 spiro atoms. The van der Waals surface area contributed by atoms with Crippen LogP contribution in [0.25, 0.3) is 5.57 Å². The van der Waals surface area contributed by atoms with Gasteiger partial charge in [0, 0.05) is 24.0 Å². The monoisotopic (exact) mass is 378 g/mol. The fourth-order valence-corrected chi connectivity index (χ4v) is 3.70. The Bertz CT molecular complexity index is 913. The third-order valence-corrected chi connectivity index (χ3v) is 4.99. The molecule has 28 heavy (non-hydrogen) atoms. The van der Waals surface area contributed by atoms with Crippen molar-refractivity contribution in [2.24, 2.45) is 5.92 Å². The third-order valence-electron chi connectivity index (χ3n) is 4.99. The molecule has 7 heteroatoms. The van der Waals surface area contributed by atoms with Crippen molar-refractivity contribution >= 4 is 23.1 Å². The number of aliphatic hydroxyl groups is 1. The first-order valence-electron chi connectivity index (χ1n) is 9.25. The normalized spacial score (nSPS) is 21.0. The number of aliphatic hydroxyl groups excluding tert-OH is 1. The number of nitrogens with one attached hydrogen (secondary N) is 3. The van der Waals surface area contributed by atoms with Crippen molar-refractivity contribution in [3.63, 3.8) is 0 Å². The molecule has 2 aliphatic heterocycles. The number of fused-ring (bicyclic) bond motifs is 1. The standard InChI is InChI=1S/C21H22N4O3/c26-10-9-22-20(27)15-6-4-5-14(11-15)17-12-25(16-7-2-1-3-8-16)19-18(17)21(28)24-13-23-19/h1-8,11-12,18-19,23,26H,9-10,13H2,(H,22,27)(H,24,28). The molecule has 2 aromatic carbocycles. The molecule has 4 rings (SSSR count). The number of hydrogen-bond acceptors (Lipinski definition) is 5. The Labute approximate surface area is 163 Å². The Balaban J connectivity index is 1.71. The molecule has 1 saturated heterocycles. The number of nitrogens with zero attached hydrogens (tertiary/aromatic N) is 1. The van der Waals surface area contributed by atoms with E-state index in [9.17, 15) is 9.59 Å². The van der Waals surface area contributed by atoms with Crippen molar-refractivity contribution in [3.05, 3.63) is 71.9 Å². The van der Waals surface area contributed by atoms with Crippen LogP contribution in [0.4, 0.5) is 5.69 Å². The van der Waals surface area contributed by atoms with Crippen molar-refractivity contribution in [1.82, 2.24) is 16.0 Å². The van der Waals surface area contributed by atoms with Crippen molar-refractivity contribution in [2.45, 2.75) is 6.17 Å². The van der Waals surface area contributed by atoms with Gasteiger partial charge in [-0.25, -0.2) is 0 Å². The lowest BCUT2D eigenvalue weighted by Crippen LogP contribution is -2.58. The van der Waals surface area contributed by atoms with E-state index in [4.69, 9.17) is 5.11 Å². The molecule has 2 atom stereocenters. The molecule has 2 unspecified atom stereocenters. The average Bonchev–Trinajstić information content (AvgIpc) is 3.14. The molecule has 2 heterocycles. The molecule has 4 N–H and O–H groups in total. The van der Waals surface area contributed by atoms with Crippen LogP contribution in [0.15, 0.2) is 60.8 Å². The highest BCUT2D eigenvalue weighted by molar-refractivity contribution is 5.99. The minimum atomic E-state index is -0.385. The Morgan fingerprint density at radius 2 is 2.00 bits per heavy atom. The molecule has 0 saturated carbocycles. The number of carbonyl (C=O) groups is 2. The maximum absolute atomic E-state index is 12.7. The van der Waals surface area contributed by atoms with Crippen molar-refractivity contribution in [3.8, 4) is 0 Å². The molecule has 1 fully saturated rings. The fourth-order valence-electron chi connectivity index (χ4n) is 3.70. The number of hydrogen-bond donors (Lipinski definition) is 4. The van der Waals surface area contributed by atoms with Crippen molar-refractivity contribution in [1.29, 1.82) is 0 Å². The summed E-state index contributed by atoms with van der Waals surface area (Å²) >= 11 is 0. The zero-order valence-electron chi connectivity index (χ0n) is 15.3. The molecule has 0 bridgehead atoms. The number of benzene rings is 2. The first-order chi connectivity index (χ1) is 13.7. The number of rotatable bonds is 5. The summed E-state index contributed by atoms with van der Waals surface area (Å²) in [6.07, 6.45) is 1.80. The van der Waals surface area contributed by atoms with Crippen molar-refractivity contribution in [2.75, 3.05) is 24.7 Å². The van der Waals surface area contributed by atoms with Gasteiger partial charge in [0.25, 0.3) is 5.91 Å². The summed E-state index contributed by atoms with van der Waals surface area (Å²) in [6.45, 7) is 0.497. The second-order valence-electron chi connectivity index (χ2n) is 6.73. The minimum Gasteiger partial charge on any atom is -0.395 e. The predicted octanol–water partition coefficient (Wildman–Crippen LogP) is 0.889. The van der Waals surface area contributed by atoms with Crippen molar-refractivity contribution < 1.29 is 14.7 Å². The Kier molecular flexibility index (Phi) is 5.10. The van der Waals surface area contributed by atoms with E-state index in [0.29, 0.717) is 12.2 Å². The predicted molar refractivity (Wildman–Crippen MR) is 106 cm³/mol. The van der Waals surface area contributed by atoms with Crippen LogP contribution in [0.3, 0.4) is 0 Å². The minimum absolute atomic E-state index is 0.0384. The van der Waals surface area contributed by atoms with Crippen LogP contribution < -0.4 is 20.9 Å². The molecule has 0 aromatic heterocycles. The molecular weight excluding hydrogens is 356 g/mol. The SMILES string of the molecule is O=C(NCCO)c1cccc(C2=CN(c3ccccc3)C3NCNC(=O)C23)c1. The van der Waals surface area contributed by atoms with E-state index < -0.39 is 0 Å². The van der Waals surface area contributed by atoms with Crippen LogP contribution >= 0.6 is 0 Å². The van der Waals surface area contributed by atoms with Gasteiger partial charge in [-0.2, -0.15) is 0 Å². The summed E-state index contributed by atoms with van der Waals surface area (Å²) in [5, 5.41) is 17.8. The van der Waals surface area contributed by atoms with E-state index in [1.54, 1.807) is 18.2 Å². The van der Waals surface area contributed by atoms with Gasteiger partial charge in [0.05, 0.1) is 19.2 Å². The van der Waals surface area contributed by atoms with E-state index in [1.165, 1.54) is 0 Å². The van der Waals surface area contributed by atoms with Crippen LogP contribution in [0.5, 0.6) is 0 Å². The van der Waals surface area contributed by atoms with E-state index in [1.807, 2.05) is 42.6 Å². The highest BCUT2D eigenvalue weighted by atomic mass is 16.3. The summed E-state index contributed by atoms with van der Waals surface area (Å²) in [5.74, 6) is -0.676.